The number of carbonyl (C=O) groups excluding carboxylic acids is 1. The first-order valence-electron chi connectivity index (χ1n) is 6.69. The van der Waals surface area contributed by atoms with Gasteiger partial charge < -0.3 is 4.74 Å². The van der Waals surface area contributed by atoms with Crippen LogP contribution in [-0.2, 0) is 6.42 Å². The highest BCUT2D eigenvalue weighted by Crippen LogP contribution is 2.28. The molecule has 1 amide bonds. The van der Waals surface area contributed by atoms with Crippen LogP contribution in [0.25, 0.3) is 0 Å². The first-order valence-corrected chi connectivity index (χ1v) is 6.69. The van der Waals surface area contributed by atoms with Crippen LogP contribution in [0.15, 0.2) is 47.5 Å². The lowest BCUT2D eigenvalue weighted by Crippen LogP contribution is -2.16. The van der Waals surface area contributed by atoms with Crippen LogP contribution >= 0.6 is 0 Å². The highest BCUT2D eigenvalue weighted by molar-refractivity contribution is 6.04. The van der Waals surface area contributed by atoms with Gasteiger partial charge in [0.1, 0.15) is 0 Å². The summed E-state index contributed by atoms with van der Waals surface area (Å²) in [7, 11) is 1.44. The second-order valence-corrected chi connectivity index (χ2v) is 4.95. The lowest BCUT2D eigenvalue weighted by molar-refractivity contribution is 0.1000. The Hall–Kier alpha value is -2.49. The molecule has 0 saturated carbocycles. The van der Waals surface area contributed by atoms with Crippen molar-refractivity contribution in [1.29, 1.82) is 0 Å². The van der Waals surface area contributed by atoms with Crippen molar-refractivity contribution in [1.82, 2.24) is 0 Å². The number of rotatable bonds is 3. The second kappa shape index (κ2) is 5.48. The first kappa shape index (κ1) is 13.5. The molecule has 21 heavy (non-hydrogen) atoms. The van der Waals surface area contributed by atoms with Gasteiger partial charge in [0.15, 0.2) is 11.6 Å². The van der Waals surface area contributed by atoms with E-state index in [1.165, 1.54) is 13.2 Å². The van der Waals surface area contributed by atoms with Gasteiger partial charge in [-0.1, -0.05) is 24.3 Å². The molecule has 0 spiro atoms. The van der Waals surface area contributed by atoms with E-state index in [2.05, 4.69) is 4.99 Å². The number of ether oxygens (including phenoxy) is 1. The van der Waals surface area contributed by atoms with Gasteiger partial charge in [0.25, 0.3) is 5.91 Å². The molecule has 1 aliphatic rings. The normalized spacial score (nSPS) is 16.7. The van der Waals surface area contributed by atoms with Crippen molar-refractivity contribution in [3.05, 3.63) is 65.0 Å². The molecule has 1 aliphatic heterocycles. The van der Waals surface area contributed by atoms with Crippen LogP contribution in [0.1, 0.15) is 27.4 Å². The third kappa shape index (κ3) is 2.57. The van der Waals surface area contributed by atoms with Crippen LogP contribution in [0.3, 0.4) is 0 Å². The summed E-state index contributed by atoms with van der Waals surface area (Å²) in [5.74, 6) is -0.355. The van der Waals surface area contributed by atoms with Gasteiger partial charge in [0.2, 0.25) is 0 Å². The predicted molar refractivity (Wildman–Crippen MR) is 78.7 cm³/mol. The number of aliphatic imine (C=N–C) groups is 1. The van der Waals surface area contributed by atoms with E-state index in [0.29, 0.717) is 12.0 Å². The lowest BCUT2D eigenvalue weighted by atomic mass is 9.87. The quantitative estimate of drug-likeness (QED) is 0.866. The molecule has 1 heterocycles. The summed E-state index contributed by atoms with van der Waals surface area (Å²) in [5.41, 5.74) is 2.54. The summed E-state index contributed by atoms with van der Waals surface area (Å²) >= 11 is 0. The van der Waals surface area contributed by atoms with Crippen LogP contribution in [-0.4, -0.2) is 19.2 Å². The second-order valence-electron chi connectivity index (χ2n) is 4.95. The largest absolute Gasteiger partial charge is 0.494 e. The monoisotopic (exact) mass is 283 g/mol. The van der Waals surface area contributed by atoms with Crippen molar-refractivity contribution in [2.45, 2.75) is 12.3 Å². The zero-order valence-corrected chi connectivity index (χ0v) is 11.5. The average molecular weight is 283 g/mol. The standard InChI is InChI=1S/C17H14FNO2/c1-21-16-9-11(6-7-15(16)18)8-12-10-19-17(20)14-5-3-2-4-13(12)14/h2-7,9-10,12H,8H2,1H3. The molecule has 0 fully saturated rings. The van der Waals surface area contributed by atoms with Crippen molar-refractivity contribution in [2.75, 3.05) is 7.11 Å². The number of nitrogens with zero attached hydrogens (tertiary/aromatic N) is 1. The van der Waals surface area contributed by atoms with Gasteiger partial charge in [-0.3, -0.25) is 4.79 Å². The van der Waals surface area contributed by atoms with Gasteiger partial charge in [0, 0.05) is 17.7 Å². The molecule has 3 rings (SSSR count). The number of methoxy groups -OCH3 is 1. The molecule has 0 bridgehead atoms. The fourth-order valence-corrected chi connectivity index (χ4v) is 2.57. The highest BCUT2D eigenvalue weighted by atomic mass is 19.1. The molecule has 0 aliphatic carbocycles. The fourth-order valence-electron chi connectivity index (χ4n) is 2.57. The molecule has 3 nitrogen and oxygen atoms in total. The maximum Gasteiger partial charge on any atom is 0.276 e. The van der Waals surface area contributed by atoms with Crippen molar-refractivity contribution < 1.29 is 13.9 Å². The third-order valence-corrected chi connectivity index (χ3v) is 3.63. The average Bonchev–Trinajstić information content (AvgIpc) is 2.52. The summed E-state index contributed by atoms with van der Waals surface area (Å²) in [6, 6.07) is 12.3. The van der Waals surface area contributed by atoms with Crippen molar-refractivity contribution in [3.63, 3.8) is 0 Å². The maximum atomic E-state index is 13.4. The van der Waals surface area contributed by atoms with Crippen molar-refractivity contribution >= 4 is 12.1 Å². The van der Waals surface area contributed by atoms with Gasteiger partial charge in [-0.2, -0.15) is 0 Å². The molecule has 1 atom stereocenters. The molecule has 2 aromatic carbocycles. The predicted octanol–water partition coefficient (Wildman–Crippen LogP) is 3.39. The number of amides is 1. The van der Waals surface area contributed by atoms with E-state index in [1.807, 2.05) is 18.2 Å². The van der Waals surface area contributed by atoms with Crippen LogP contribution in [0.5, 0.6) is 5.75 Å². The zero-order chi connectivity index (χ0) is 14.8. The van der Waals surface area contributed by atoms with Crippen LogP contribution < -0.4 is 4.74 Å². The number of fused-ring (bicyclic) bond motifs is 1. The molecule has 2 aromatic rings. The number of hydrogen-bond donors (Lipinski definition) is 0. The molecule has 1 unspecified atom stereocenters. The topological polar surface area (TPSA) is 38.7 Å². The Bertz CT molecular complexity index is 724. The number of carbonyl (C=O) groups is 1. The summed E-state index contributed by atoms with van der Waals surface area (Å²) in [6.07, 6.45) is 2.31. The van der Waals surface area contributed by atoms with E-state index in [9.17, 15) is 9.18 Å². The van der Waals surface area contributed by atoms with Crippen LogP contribution in [0.4, 0.5) is 4.39 Å². The van der Waals surface area contributed by atoms with Gasteiger partial charge in [-0.05, 0) is 35.7 Å². The minimum absolute atomic E-state index is 0.00840. The minimum Gasteiger partial charge on any atom is -0.494 e. The van der Waals surface area contributed by atoms with E-state index in [-0.39, 0.29) is 23.4 Å². The summed E-state index contributed by atoms with van der Waals surface area (Å²) in [4.78, 5) is 15.7. The molecule has 106 valence electrons. The van der Waals surface area contributed by atoms with E-state index in [4.69, 9.17) is 4.74 Å². The number of benzene rings is 2. The Balaban J connectivity index is 1.92. The zero-order valence-electron chi connectivity index (χ0n) is 11.5. The van der Waals surface area contributed by atoms with Crippen molar-refractivity contribution in [2.24, 2.45) is 4.99 Å². The molecule has 0 N–H and O–H groups in total. The first-order chi connectivity index (χ1) is 10.2. The van der Waals surface area contributed by atoms with Gasteiger partial charge in [-0.25, -0.2) is 9.38 Å². The Labute approximate surface area is 122 Å². The number of halogens is 1. The SMILES string of the molecule is COc1cc(CC2C=NC(=O)c3ccccc32)ccc1F. The van der Waals surface area contributed by atoms with E-state index >= 15 is 0 Å². The number of hydrogen-bond acceptors (Lipinski definition) is 2. The van der Waals surface area contributed by atoms with Crippen LogP contribution in [0, 0.1) is 5.82 Å². The summed E-state index contributed by atoms with van der Waals surface area (Å²) in [5, 5.41) is 0. The highest BCUT2D eigenvalue weighted by Gasteiger charge is 2.22. The van der Waals surface area contributed by atoms with Gasteiger partial charge in [-0.15, -0.1) is 0 Å². The van der Waals surface area contributed by atoms with Gasteiger partial charge >= 0.3 is 0 Å². The Kier molecular flexibility index (Phi) is 3.52. The smallest absolute Gasteiger partial charge is 0.276 e. The Morgan fingerprint density at radius 1 is 1.24 bits per heavy atom. The fraction of sp³-hybridized carbons (Fsp3) is 0.176. The van der Waals surface area contributed by atoms with E-state index in [1.54, 1.807) is 24.4 Å². The van der Waals surface area contributed by atoms with Gasteiger partial charge in [0.05, 0.1) is 7.11 Å². The van der Waals surface area contributed by atoms with E-state index < -0.39 is 0 Å². The minimum atomic E-state index is -0.380. The van der Waals surface area contributed by atoms with Crippen molar-refractivity contribution in [3.8, 4) is 5.75 Å². The maximum absolute atomic E-state index is 13.4. The summed E-state index contributed by atoms with van der Waals surface area (Å²) < 4.78 is 18.4. The molecular formula is C17H14FNO2. The Morgan fingerprint density at radius 2 is 2.05 bits per heavy atom. The lowest BCUT2D eigenvalue weighted by Gasteiger charge is -2.19. The molecular weight excluding hydrogens is 269 g/mol. The van der Waals surface area contributed by atoms with Crippen LogP contribution in [0.2, 0.25) is 0 Å². The Morgan fingerprint density at radius 3 is 2.86 bits per heavy atom. The van der Waals surface area contributed by atoms with E-state index in [0.717, 1.165) is 11.1 Å². The summed E-state index contributed by atoms with van der Waals surface area (Å²) in [6.45, 7) is 0. The molecule has 0 radical (unpaired) electrons. The molecule has 0 saturated heterocycles. The third-order valence-electron chi connectivity index (χ3n) is 3.63. The molecule has 4 heteroatoms. The molecule has 0 aromatic heterocycles.